The van der Waals surface area contributed by atoms with Gasteiger partial charge in [0.1, 0.15) is 0 Å². The molecule has 1 fully saturated rings. The van der Waals surface area contributed by atoms with E-state index in [0.717, 1.165) is 5.92 Å². The molecule has 13 heavy (non-hydrogen) atoms. The Morgan fingerprint density at radius 3 is 2.69 bits per heavy atom. The smallest absolute Gasteiger partial charge is 0.00507 e. The van der Waals surface area contributed by atoms with Crippen LogP contribution in [0, 0.1) is 12.8 Å². The number of thiophene rings is 1. The van der Waals surface area contributed by atoms with Gasteiger partial charge in [-0.1, -0.05) is 32.1 Å². The second-order valence-corrected chi connectivity index (χ2v) is 5.29. The molecule has 0 amide bonds. The predicted molar refractivity (Wildman–Crippen MR) is 59.3 cm³/mol. The summed E-state index contributed by atoms with van der Waals surface area (Å²) in [6.07, 6.45) is 8.69. The Morgan fingerprint density at radius 1 is 1.31 bits per heavy atom. The topological polar surface area (TPSA) is 0 Å². The molecule has 0 nitrogen and oxygen atoms in total. The van der Waals surface area contributed by atoms with Crippen LogP contribution in [-0.2, 0) is 6.42 Å². The zero-order valence-electron chi connectivity index (χ0n) is 8.38. The van der Waals surface area contributed by atoms with Gasteiger partial charge in [0.05, 0.1) is 0 Å². The number of aryl methyl sites for hydroxylation is 1. The molecule has 1 aromatic rings. The highest BCUT2D eigenvalue weighted by Crippen LogP contribution is 2.28. The second-order valence-electron chi connectivity index (χ2n) is 4.30. The van der Waals surface area contributed by atoms with Crippen LogP contribution in [0.3, 0.4) is 0 Å². The molecule has 1 aliphatic rings. The number of hydrogen-bond acceptors (Lipinski definition) is 1. The molecule has 0 bridgehead atoms. The average Bonchev–Trinajstić information content (AvgIpc) is 2.53. The maximum absolute atomic E-state index is 2.36. The van der Waals surface area contributed by atoms with Crippen LogP contribution in [0.2, 0.25) is 0 Å². The maximum atomic E-state index is 2.36. The molecule has 0 atom stereocenters. The first-order chi connectivity index (χ1) is 6.34. The molecule has 0 radical (unpaired) electrons. The minimum absolute atomic E-state index is 0.992. The van der Waals surface area contributed by atoms with E-state index < -0.39 is 0 Å². The summed E-state index contributed by atoms with van der Waals surface area (Å²) < 4.78 is 0. The normalized spacial score (nSPS) is 19.2. The average molecular weight is 194 g/mol. The van der Waals surface area contributed by atoms with Crippen molar-refractivity contribution in [1.82, 2.24) is 0 Å². The molecule has 1 heterocycles. The first kappa shape index (κ1) is 9.26. The maximum Gasteiger partial charge on any atom is 0.00507 e. The lowest BCUT2D eigenvalue weighted by atomic mass is 9.86. The van der Waals surface area contributed by atoms with Gasteiger partial charge in [-0.3, -0.25) is 0 Å². The van der Waals surface area contributed by atoms with Gasteiger partial charge in [-0.25, -0.2) is 0 Å². The molecule has 1 saturated carbocycles. The molecule has 0 unspecified atom stereocenters. The highest BCUT2D eigenvalue weighted by atomic mass is 32.1. The fourth-order valence-electron chi connectivity index (χ4n) is 2.27. The fraction of sp³-hybridized carbons (Fsp3) is 0.667. The van der Waals surface area contributed by atoms with Gasteiger partial charge in [0, 0.05) is 4.88 Å². The van der Waals surface area contributed by atoms with Gasteiger partial charge >= 0.3 is 0 Å². The van der Waals surface area contributed by atoms with Gasteiger partial charge in [0.15, 0.2) is 0 Å². The van der Waals surface area contributed by atoms with E-state index in [1.54, 1.807) is 4.88 Å². The van der Waals surface area contributed by atoms with Gasteiger partial charge in [0.2, 0.25) is 0 Å². The summed E-state index contributed by atoms with van der Waals surface area (Å²) in [5, 5.41) is 2.28. The standard InChI is InChI=1S/C12H18S/c1-10-7-12(13-9-10)8-11-5-3-2-4-6-11/h7,9,11H,2-6,8H2,1H3. The minimum atomic E-state index is 0.992. The van der Waals surface area contributed by atoms with E-state index in [4.69, 9.17) is 0 Å². The molecule has 0 spiro atoms. The van der Waals surface area contributed by atoms with Crippen LogP contribution >= 0.6 is 11.3 Å². The van der Waals surface area contributed by atoms with E-state index in [1.165, 1.54) is 44.1 Å². The Bertz CT molecular complexity index is 256. The van der Waals surface area contributed by atoms with Crippen molar-refractivity contribution < 1.29 is 0 Å². The second kappa shape index (κ2) is 4.28. The van der Waals surface area contributed by atoms with Crippen molar-refractivity contribution in [3.05, 3.63) is 21.9 Å². The molecule has 72 valence electrons. The molecule has 1 aromatic heterocycles. The Labute approximate surface area is 85.0 Å². The summed E-state index contributed by atoms with van der Waals surface area (Å²) in [4.78, 5) is 1.60. The van der Waals surface area contributed by atoms with Gasteiger partial charge in [-0.05, 0) is 36.3 Å². The highest BCUT2D eigenvalue weighted by molar-refractivity contribution is 7.10. The van der Waals surface area contributed by atoms with Crippen LogP contribution in [0.1, 0.15) is 42.5 Å². The first-order valence-corrected chi connectivity index (χ1v) is 6.26. The van der Waals surface area contributed by atoms with Crippen molar-refractivity contribution in [3.63, 3.8) is 0 Å². The number of rotatable bonds is 2. The molecule has 0 aromatic carbocycles. The fourth-order valence-corrected chi connectivity index (χ4v) is 3.26. The van der Waals surface area contributed by atoms with Crippen LogP contribution in [-0.4, -0.2) is 0 Å². The summed E-state index contributed by atoms with van der Waals surface area (Å²) in [6, 6.07) is 2.36. The van der Waals surface area contributed by atoms with Crippen LogP contribution in [0.4, 0.5) is 0 Å². The molecular formula is C12H18S. The molecule has 0 aliphatic heterocycles. The SMILES string of the molecule is Cc1csc(CC2CCCCC2)c1. The van der Waals surface area contributed by atoms with Crippen molar-refractivity contribution in [2.45, 2.75) is 45.4 Å². The van der Waals surface area contributed by atoms with E-state index in [0.29, 0.717) is 0 Å². The lowest BCUT2D eigenvalue weighted by molar-refractivity contribution is 0.358. The molecular weight excluding hydrogens is 176 g/mol. The molecule has 2 rings (SSSR count). The Morgan fingerprint density at radius 2 is 2.08 bits per heavy atom. The Balaban J connectivity index is 1.89. The third-order valence-corrected chi connectivity index (χ3v) is 4.08. The van der Waals surface area contributed by atoms with Crippen molar-refractivity contribution in [1.29, 1.82) is 0 Å². The van der Waals surface area contributed by atoms with E-state index in [9.17, 15) is 0 Å². The van der Waals surface area contributed by atoms with Crippen molar-refractivity contribution in [3.8, 4) is 0 Å². The third-order valence-electron chi connectivity index (χ3n) is 3.00. The highest BCUT2D eigenvalue weighted by Gasteiger charge is 2.14. The summed E-state index contributed by atoms with van der Waals surface area (Å²) >= 11 is 1.94. The van der Waals surface area contributed by atoms with Gasteiger partial charge in [-0.2, -0.15) is 0 Å². The lowest BCUT2D eigenvalue weighted by Gasteiger charge is -2.20. The van der Waals surface area contributed by atoms with Gasteiger partial charge < -0.3 is 0 Å². The van der Waals surface area contributed by atoms with Crippen molar-refractivity contribution in [2.75, 3.05) is 0 Å². The summed E-state index contributed by atoms with van der Waals surface area (Å²) in [6.45, 7) is 2.20. The van der Waals surface area contributed by atoms with E-state index in [1.807, 2.05) is 11.3 Å². The Kier molecular flexibility index (Phi) is 3.05. The molecule has 0 saturated heterocycles. The monoisotopic (exact) mass is 194 g/mol. The van der Waals surface area contributed by atoms with Gasteiger partial charge in [0.25, 0.3) is 0 Å². The minimum Gasteiger partial charge on any atom is -0.149 e. The zero-order valence-corrected chi connectivity index (χ0v) is 9.20. The summed E-state index contributed by atoms with van der Waals surface area (Å²) in [5.41, 5.74) is 1.44. The lowest BCUT2D eigenvalue weighted by Crippen LogP contribution is -2.08. The van der Waals surface area contributed by atoms with E-state index in [-0.39, 0.29) is 0 Å². The van der Waals surface area contributed by atoms with Crippen molar-refractivity contribution >= 4 is 11.3 Å². The van der Waals surface area contributed by atoms with Crippen LogP contribution in [0.25, 0.3) is 0 Å². The van der Waals surface area contributed by atoms with Crippen LogP contribution in [0.5, 0.6) is 0 Å². The van der Waals surface area contributed by atoms with Crippen LogP contribution in [0.15, 0.2) is 11.4 Å². The number of hydrogen-bond donors (Lipinski definition) is 0. The molecule has 0 N–H and O–H groups in total. The quantitative estimate of drug-likeness (QED) is 0.662. The first-order valence-electron chi connectivity index (χ1n) is 5.38. The Hall–Kier alpha value is -0.300. The third kappa shape index (κ3) is 2.57. The van der Waals surface area contributed by atoms with E-state index in [2.05, 4.69) is 18.4 Å². The van der Waals surface area contributed by atoms with Crippen LogP contribution < -0.4 is 0 Å². The molecule has 1 heteroatoms. The van der Waals surface area contributed by atoms with E-state index >= 15 is 0 Å². The van der Waals surface area contributed by atoms with Gasteiger partial charge in [-0.15, -0.1) is 11.3 Å². The summed E-state index contributed by atoms with van der Waals surface area (Å²) in [5.74, 6) is 0.992. The predicted octanol–water partition coefficient (Wildman–Crippen LogP) is 4.18. The molecule has 1 aliphatic carbocycles. The summed E-state index contributed by atoms with van der Waals surface area (Å²) in [7, 11) is 0. The largest absolute Gasteiger partial charge is 0.149 e. The van der Waals surface area contributed by atoms with Crippen molar-refractivity contribution in [2.24, 2.45) is 5.92 Å². The zero-order chi connectivity index (χ0) is 9.10.